The van der Waals surface area contributed by atoms with Gasteiger partial charge in [0, 0.05) is 36.0 Å². The summed E-state index contributed by atoms with van der Waals surface area (Å²) < 4.78 is 42.6. The van der Waals surface area contributed by atoms with Crippen LogP contribution in [0.1, 0.15) is 26.5 Å². The monoisotopic (exact) mass is 511 g/mol. The van der Waals surface area contributed by atoms with Crippen LogP contribution in [0.3, 0.4) is 0 Å². The van der Waals surface area contributed by atoms with Crippen molar-refractivity contribution in [3.05, 3.63) is 77.7 Å². The van der Waals surface area contributed by atoms with Crippen LogP contribution in [0.5, 0.6) is 0 Å². The molecule has 3 aromatic carbocycles. The summed E-state index contributed by atoms with van der Waals surface area (Å²) in [4.78, 5) is 25.5. The Kier molecular flexibility index (Phi) is 6.55. The van der Waals surface area contributed by atoms with E-state index >= 15 is 0 Å². The molecular weight excluding hydrogens is 487 g/mol. The van der Waals surface area contributed by atoms with Gasteiger partial charge in [-0.05, 0) is 17.5 Å². The Morgan fingerprint density at radius 2 is 1.70 bits per heavy atom. The van der Waals surface area contributed by atoms with E-state index in [-0.39, 0.29) is 5.82 Å². The highest BCUT2D eigenvalue weighted by atomic mass is 19.2. The molecule has 3 N–H and O–H groups in total. The maximum atomic E-state index is 14.1. The third-order valence-corrected chi connectivity index (χ3v) is 5.68. The van der Waals surface area contributed by atoms with Crippen LogP contribution in [0.25, 0.3) is 16.5 Å². The summed E-state index contributed by atoms with van der Waals surface area (Å²) in [7, 11) is 1.41. The predicted molar refractivity (Wildman–Crippen MR) is 135 cm³/mol. The molecule has 0 aliphatic heterocycles. The number of aromatic nitrogens is 2. The Morgan fingerprint density at radius 1 is 1.00 bits per heavy atom. The molecule has 0 bridgehead atoms. The number of halogens is 3. The number of fused-ring (bicyclic) bond motifs is 1. The van der Waals surface area contributed by atoms with Crippen molar-refractivity contribution in [2.75, 3.05) is 22.6 Å². The minimum absolute atomic E-state index is 0.166. The van der Waals surface area contributed by atoms with Gasteiger partial charge in [-0.25, -0.2) is 27.4 Å². The first-order valence-corrected chi connectivity index (χ1v) is 11.2. The molecule has 0 radical (unpaired) electrons. The van der Waals surface area contributed by atoms with Gasteiger partial charge in [-0.3, -0.25) is 10.2 Å². The number of rotatable bonds is 4. The highest BCUT2D eigenvalue weighted by molar-refractivity contribution is 6.03. The number of nitrogens with one attached hydrogen (secondary N) is 2. The van der Waals surface area contributed by atoms with Crippen molar-refractivity contribution >= 4 is 40.1 Å². The third-order valence-electron chi connectivity index (χ3n) is 5.68. The molecular formula is C26H24F3N5O3. The lowest BCUT2D eigenvalue weighted by Gasteiger charge is -2.18. The first kappa shape index (κ1) is 25.5. The molecule has 0 spiro atoms. The van der Waals surface area contributed by atoms with Crippen LogP contribution in [0.2, 0.25) is 0 Å². The second kappa shape index (κ2) is 9.49. The minimum Gasteiger partial charge on any atom is -0.465 e. The second-order valence-electron chi connectivity index (χ2n) is 9.43. The molecule has 0 fully saturated rings. The van der Waals surface area contributed by atoms with Crippen molar-refractivity contribution in [2.24, 2.45) is 0 Å². The van der Waals surface area contributed by atoms with E-state index in [0.717, 1.165) is 10.3 Å². The van der Waals surface area contributed by atoms with E-state index in [1.54, 1.807) is 36.4 Å². The van der Waals surface area contributed by atoms with Gasteiger partial charge >= 0.3 is 12.1 Å². The van der Waals surface area contributed by atoms with E-state index in [9.17, 15) is 27.9 Å². The van der Waals surface area contributed by atoms with Crippen LogP contribution >= 0.6 is 0 Å². The van der Waals surface area contributed by atoms with Gasteiger partial charge in [0.1, 0.15) is 11.6 Å². The fourth-order valence-corrected chi connectivity index (χ4v) is 3.73. The highest BCUT2D eigenvalue weighted by Gasteiger charge is 2.23. The van der Waals surface area contributed by atoms with Crippen molar-refractivity contribution in [3.8, 4) is 5.69 Å². The number of benzene rings is 3. The second-order valence-corrected chi connectivity index (χ2v) is 9.43. The summed E-state index contributed by atoms with van der Waals surface area (Å²) in [5.74, 6) is -3.74. The molecule has 1 heterocycles. The standard InChI is InChI=1S/C26H24F3N5O3/c1-26(2,3)21-13-22(31-24(35)30-19-11-15(27)10-18(28)23(19)29)34(32-21)16-9-14-7-5-6-8-17(14)20(12-16)33(4)25(36)37/h5-13H,1-4H3,(H,36,37)(H2,30,31,35). The quantitative estimate of drug-likeness (QED) is 0.272. The summed E-state index contributed by atoms with van der Waals surface area (Å²) in [6.07, 6.45) is -1.17. The Balaban J connectivity index is 1.80. The molecule has 8 nitrogen and oxygen atoms in total. The molecule has 0 atom stereocenters. The first-order valence-electron chi connectivity index (χ1n) is 11.2. The van der Waals surface area contributed by atoms with Gasteiger partial charge in [-0.15, -0.1) is 0 Å². The molecule has 37 heavy (non-hydrogen) atoms. The topological polar surface area (TPSA) is 99.5 Å². The average Bonchev–Trinajstić information content (AvgIpc) is 3.25. The maximum absolute atomic E-state index is 14.1. The lowest BCUT2D eigenvalue weighted by Crippen LogP contribution is -2.24. The highest BCUT2D eigenvalue weighted by Crippen LogP contribution is 2.33. The van der Waals surface area contributed by atoms with Crippen LogP contribution in [-0.4, -0.2) is 34.1 Å². The summed E-state index contributed by atoms with van der Waals surface area (Å²) in [6.45, 7) is 5.75. The summed E-state index contributed by atoms with van der Waals surface area (Å²) in [5, 5.41) is 20.3. The Labute approximate surface area is 210 Å². The van der Waals surface area contributed by atoms with Gasteiger partial charge in [0.15, 0.2) is 11.6 Å². The third kappa shape index (κ3) is 5.20. The van der Waals surface area contributed by atoms with Crippen LogP contribution in [0, 0.1) is 17.5 Å². The van der Waals surface area contributed by atoms with Crippen molar-refractivity contribution in [3.63, 3.8) is 0 Å². The van der Waals surface area contributed by atoms with E-state index in [0.29, 0.717) is 34.6 Å². The predicted octanol–water partition coefficient (Wildman–Crippen LogP) is 6.50. The first-order chi connectivity index (χ1) is 17.3. The normalized spacial score (nSPS) is 11.4. The van der Waals surface area contributed by atoms with Gasteiger partial charge in [0.05, 0.1) is 22.8 Å². The van der Waals surface area contributed by atoms with E-state index < -0.39 is 40.7 Å². The molecule has 0 aliphatic rings. The minimum atomic E-state index is -1.44. The molecule has 11 heteroatoms. The number of carboxylic acid groups (broad SMARTS) is 1. The molecule has 3 amide bonds. The van der Waals surface area contributed by atoms with Crippen molar-refractivity contribution in [2.45, 2.75) is 26.2 Å². The summed E-state index contributed by atoms with van der Waals surface area (Å²) >= 11 is 0. The summed E-state index contributed by atoms with van der Waals surface area (Å²) in [5.41, 5.74) is 0.310. The molecule has 0 saturated carbocycles. The largest absolute Gasteiger partial charge is 0.465 e. The van der Waals surface area contributed by atoms with Gasteiger partial charge in [-0.1, -0.05) is 45.0 Å². The van der Waals surface area contributed by atoms with Crippen LogP contribution in [0.4, 0.5) is 40.0 Å². The van der Waals surface area contributed by atoms with E-state index in [2.05, 4.69) is 15.7 Å². The van der Waals surface area contributed by atoms with Crippen molar-refractivity contribution in [1.29, 1.82) is 0 Å². The Bertz CT molecular complexity index is 1530. The number of anilines is 3. The Hall–Kier alpha value is -4.54. The van der Waals surface area contributed by atoms with E-state index in [4.69, 9.17) is 0 Å². The number of urea groups is 1. The van der Waals surface area contributed by atoms with Crippen LogP contribution in [-0.2, 0) is 5.41 Å². The number of amides is 3. The average molecular weight is 512 g/mol. The fraction of sp³-hybridized carbons (Fsp3) is 0.192. The lowest BCUT2D eigenvalue weighted by atomic mass is 9.92. The van der Waals surface area contributed by atoms with E-state index in [1.165, 1.54) is 11.7 Å². The number of hydrogen-bond donors (Lipinski definition) is 3. The SMILES string of the molecule is CN(C(=O)O)c1cc(-n2nc(C(C)(C)C)cc2NC(=O)Nc2cc(F)cc(F)c2F)cc2ccccc12. The molecule has 1 aromatic heterocycles. The molecule has 0 unspecified atom stereocenters. The van der Waals surface area contributed by atoms with Gasteiger partial charge in [0.2, 0.25) is 0 Å². The molecule has 192 valence electrons. The van der Waals surface area contributed by atoms with Gasteiger partial charge in [0.25, 0.3) is 0 Å². The van der Waals surface area contributed by atoms with Crippen molar-refractivity contribution < 1.29 is 27.9 Å². The van der Waals surface area contributed by atoms with Crippen molar-refractivity contribution in [1.82, 2.24) is 9.78 Å². The summed E-state index contributed by atoms with van der Waals surface area (Å²) in [6, 6.07) is 12.3. The van der Waals surface area contributed by atoms with Gasteiger partial charge < -0.3 is 10.4 Å². The zero-order valence-electron chi connectivity index (χ0n) is 20.4. The Morgan fingerprint density at radius 3 is 2.38 bits per heavy atom. The molecule has 4 aromatic rings. The number of carbonyl (C=O) groups is 2. The number of hydrogen-bond acceptors (Lipinski definition) is 3. The molecule has 0 saturated heterocycles. The fourth-order valence-electron chi connectivity index (χ4n) is 3.73. The number of carbonyl (C=O) groups excluding carboxylic acids is 1. The van der Waals surface area contributed by atoms with Crippen LogP contribution < -0.4 is 15.5 Å². The van der Waals surface area contributed by atoms with Gasteiger partial charge in [-0.2, -0.15) is 5.10 Å². The zero-order valence-corrected chi connectivity index (χ0v) is 20.4. The zero-order chi connectivity index (χ0) is 27.1. The molecule has 0 aliphatic carbocycles. The lowest BCUT2D eigenvalue weighted by molar-refractivity contribution is 0.203. The molecule has 4 rings (SSSR count). The van der Waals surface area contributed by atoms with Crippen LogP contribution in [0.15, 0.2) is 54.6 Å². The smallest absolute Gasteiger partial charge is 0.411 e. The number of nitrogens with zero attached hydrogens (tertiary/aromatic N) is 3. The maximum Gasteiger partial charge on any atom is 0.411 e. The van der Waals surface area contributed by atoms with E-state index in [1.807, 2.05) is 26.8 Å².